The van der Waals surface area contributed by atoms with Crippen molar-refractivity contribution >= 4 is 0 Å². The monoisotopic (exact) mass is 152 g/mol. The molecule has 62 valence electrons. The summed E-state index contributed by atoms with van der Waals surface area (Å²) in [7, 11) is 0. The lowest BCUT2D eigenvalue weighted by atomic mass is 9.78. The first kappa shape index (κ1) is 9.82. The Hall–Kier alpha value is -0.180. The van der Waals surface area contributed by atoms with E-state index in [1.165, 1.54) is 6.92 Å². The van der Waals surface area contributed by atoms with Crippen LogP contribution in [-0.2, 0) is 0 Å². The maximum Gasteiger partial charge on any atom is 0.253 e. The van der Waals surface area contributed by atoms with Crippen LogP contribution in [-0.4, -0.2) is 16.6 Å². The van der Waals surface area contributed by atoms with Gasteiger partial charge in [0.05, 0.1) is 5.60 Å². The molecule has 1 aliphatic carbocycles. The minimum absolute atomic E-state index is 0.375. The van der Waals surface area contributed by atoms with Crippen LogP contribution in [0.25, 0.3) is 0 Å². The average Bonchev–Trinajstić information content (AvgIpc) is 1.63. The fourth-order valence-corrected chi connectivity index (χ4v) is 1.06. The zero-order valence-corrected chi connectivity index (χ0v) is 6.62. The highest BCUT2D eigenvalue weighted by Crippen LogP contribution is 2.44. The summed E-state index contributed by atoms with van der Waals surface area (Å²) in [6.45, 7) is 5.42. The zero-order chi connectivity index (χ0) is 8.41. The summed E-state index contributed by atoms with van der Waals surface area (Å²) in [5, 5.41) is 8.77. The van der Waals surface area contributed by atoms with Crippen LogP contribution in [0.4, 0.5) is 8.78 Å². The molecule has 0 spiro atoms. The second kappa shape index (κ2) is 2.82. The van der Waals surface area contributed by atoms with Crippen LogP contribution in [0.1, 0.15) is 33.6 Å². The summed E-state index contributed by atoms with van der Waals surface area (Å²) in [5.41, 5.74) is -1.09. The number of hydrogen-bond donors (Lipinski definition) is 1. The molecular weight excluding hydrogens is 138 g/mol. The maximum atomic E-state index is 11.9. The standard InChI is InChI=1S/C5H8F2O.C2H6/c1-4(8)2-5(6,7)3-4;1-2/h8H,2-3H2,1H3;1-2H3. The van der Waals surface area contributed by atoms with Gasteiger partial charge in [-0.3, -0.25) is 0 Å². The van der Waals surface area contributed by atoms with Gasteiger partial charge >= 0.3 is 0 Å². The van der Waals surface area contributed by atoms with Crippen molar-refractivity contribution < 1.29 is 13.9 Å². The molecule has 1 aliphatic rings. The molecule has 0 aromatic rings. The molecule has 0 aromatic carbocycles. The van der Waals surface area contributed by atoms with Gasteiger partial charge in [-0.1, -0.05) is 13.8 Å². The SMILES string of the molecule is CC.CC1(O)CC(F)(F)C1. The van der Waals surface area contributed by atoms with Crippen LogP contribution in [0.15, 0.2) is 0 Å². The van der Waals surface area contributed by atoms with E-state index in [0.29, 0.717) is 0 Å². The molecule has 0 aromatic heterocycles. The summed E-state index contributed by atoms with van der Waals surface area (Å²) in [6.07, 6.45) is -0.750. The molecule has 10 heavy (non-hydrogen) atoms. The van der Waals surface area contributed by atoms with Crippen molar-refractivity contribution in [3.8, 4) is 0 Å². The van der Waals surface area contributed by atoms with E-state index in [9.17, 15) is 8.78 Å². The van der Waals surface area contributed by atoms with E-state index in [1.54, 1.807) is 0 Å². The van der Waals surface area contributed by atoms with Gasteiger partial charge in [-0.2, -0.15) is 0 Å². The Morgan fingerprint density at radius 1 is 1.20 bits per heavy atom. The molecule has 1 fully saturated rings. The zero-order valence-electron chi connectivity index (χ0n) is 6.62. The third kappa shape index (κ3) is 2.60. The average molecular weight is 152 g/mol. The number of hydrogen-bond acceptors (Lipinski definition) is 1. The van der Waals surface area contributed by atoms with Crippen molar-refractivity contribution in [3.63, 3.8) is 0 Å². The third-order valence-electron chi connectivity index (χ3n) is 1.28. The molecule has 0 bridgehead atoms. The molecular formula is C7H14F2O. The van der Waals surface area contributed by atoms with E-state index in [0.717, 1.165) is 0 Å². The summed E-state index contributed by atoms with van der Waals surface area (Å²) in [5.74, 6) is -2.59. The highest BCUT2D eigenvalue weighted by Gasteiger charge is 2.52. The first-order chi connectivity index (χ1) is 4.41. The van der Waals surface area contributed by atoms with Gasteiger partial charge in [-0.15, -0.1) is 0 Å². The lowest BCUT2D eigenvalue weighted by molar-refractivity contribution is -0.195. The number of alkyl halides is 2. The van der Waals surface area contributed by atoms with Gasteiger partial charge < -0.3 is 5.11 Å². The Labute approximate surface area is 60.1 Å². The first-order valence-electron chi connectivity index (χ1n) is 3.52. The van der Waals surface area contributed by atoms with Gasteiger partial charge in [0.15, 0.2) is 0 Å². The first-order valence-corrected chi connectivity index (χ1v) is 3.52. The summed E-state index contributed by atoms with van der Waals surface area (Å²) < 4.78 is 23.7. The quantitative estimate of drug-likeness (QED) is 0.564. The predicted molar refractivity (Wildman–Crippen MR) is 36.2 cm³/mol. The second-order valence-electron chi connectivity index (χ2n) is 2.71. The Morgan fingerprint density at radius 2 is 1.50 bits per heavy atom. The normalized spacial score (nSPS) is 25.8. The smallest absolute Gasteiger partial charge is 0.253 e. The van der Waals surface area contributed by atoms with Crippen molar-refractivity contribution in [2.24, 2.45) is 0 Å². The summed E-state index contributed by atoms with van der Waals surface area (Å²) in [6, 6.07) is 0. The fourth-order valence-electron chi connectivity index (χ4n) is 1.06. The van der Waals surface area contributed by atoms with Crippen molar-refractivity contribution in [1.29, 1.82) is 0 Å². The Kier molecular flexibility index (Phi) is 2.77. The van der Waals surface area contributed by atoms with E-state index in [-0.39, 0.29) is 12.8 Å². The van der Waals surface area contributed by atoms with Crippen LogP contribution < -0.4 is 0 Å². The molecule has 0 saturated heterocycles. The molecule has 0 radical (unpaired) electrons. The lowest BCUT2D eigenvalue weighted by Crippen LogP contribution is -2.49. The molecule has 0 unspecified atom stereocenters. The topological polar surface area (TPSA) is 20.2 Å². The maximum absolute atomic E-state index is 11.9. The van der Waals surface area contributed by atoms with Crippen molar-refractivity contribution in [3.05, 3.63) is 0 Å². The van der Waals surface area contributed by atoms with E-state index in [1.807, 2.05) is 13.8 Å². The highest BCUT2D eigenvalue weighted by molar-refractivity contribution is 4.96. The second-order valence-corrected chi connectivity index (χ2v) is 2.71. The van der Waals surface area contributed by atoms with E-state index in [2.05, 4.69) is 0 Å². The Morgan fingerprint density at radius 3 is 1.50 bits per heavy atom. The number of rotatable bonds is 0. The molecule has 0 heterocycles. The summed E-state index contributed by atoms with van der Waals surface area (Å²) in [4.78, 5) is 0. The third-order valence-corrected chi connectivity index (χ3v) is 1.28. The van der Waals surface area contributed by atoms with Gasteiger partial charge in [0.2, 0.25) is 0 Å². The van der Waals surface area contributed by atoms with Gasteiger partial charge in [-0.05, 0) is 6.92 Å². The molecule has 1 nitrogen and oxygen atoms in total. The van der Waals surface area contributed by atoms with Crippen LogP contribution in [0.2, 0.25) is 0 Å². The van der Waals surface area contributed by atoms with Crippen LogP contribution >= 0.6 is 0 Å². The minimum atomic E-state index is -2.59. The van der Waals surface area contributed by atoms with Crippen molar-refractivity contribution in [2.45, 2.75) is 45.1 Å². The summed E-state index contributed by atoms with van der Waals surface area (Å²) >= 11 is 0. The molecule has 1 rings (SSSR count). The predicted octanol–water partition coefficient (Wildman–Crippen LogP) is 2.19. The van der Waals surface area contributed by atoms with E-state index in [4.69, 9.17) is 5.11 Å². The van der Waals surface area contributed by atoms with Crippen LogP contribution in [0, 0.1) is 0 Å². The van der Waals surface area contributed by atoms with Gasteiger partial charge in [0, 0.05) is 12.8 Å². The molecule has 0 aliphatic heterocycles. The molecule has 3 heteroatoms. The number of halogens is 2. The van der Waals surface area contributed by atoms with Gasteiger partial charge in [-0.25, -0.2) is 8.78 Å². The Bertz CT molecular complexity index is 88.2. The minimum Gasteiger partial charge on any atom is -0.390 e. The Balaban J connectivity index is 0.000000371. The van der Waals surface area contributed by atoms with Crippen LogP contribution in [0.5, 0.6) is 0 Å². The fraction of sp³-hybridized carbons (Fsp3) is 1.00. The molecule has 1 saturated carbocycles. The van der Waals surface area contributed by atoms with Crippen molar-refractivity contribution in [1.82, 2.24) is 0 Å². The van der Waals surface area contributed by atoms with E-state index >= 15 is 0 Å². The lowest BCUT2D eigenvalue weighted by Gasteiger charge is -2.40. The molecule has 0 atom stereocenters. The van der Waals surface area contributed by atoms with Crippen LogP contribution in [0.3, 0.4) is 0 Å². The van der Waals surface area contributed by atoms with Crippen molar-refractivity contribution in [2.75, 3.05) is 0 Å². The molecule has 0 amide bonds. The van der Waals surface area contributed by atoms with E-state index < -0.39 is 11.5 Å². The van der Waals surface area contributed by atoms with Gasteiger partial charge in [0.25, 0.3) is 5.92 Å². The largest absolute Gasteiger partial charge is 0.390 e. The molecule has 1 N–H and O–H groups in total. The van der Waals surface area contributed by atoms with Gasteiger partial charge in [0.1, 0.15) is 0 Å². The number of aliphatic hydroxyl groups is 1. The highest BCUT2D eigenvalue weighted by atomic mass is 19.3.